The van der Waals surface area contributed by atoms with Crippen LogP contribution in [0.4, 0.5) is 10.1 Å². The van der Waals surface area contributed by atoms with Gasteiger partial charge in [-0.1, -0.05) is 12.1 Å². The van der Waals surface area contributed by atoms with Crippen molar-refractivity contribution in [1.82, 2.24) is 9.88 Å². The van der Waals surface area contributed by atoms with Gasteiger partial charge in [0, 0.05) is 18.8 Å². The van der Waals surface area contributed by atoms with E-state index in [1.165, 1.54) is 12.1 Å². The fraction of sp³-hybridized carbons (Fsp3) is 0.312. The van der Waals surface area contributed by atoms with Crippen LogP contribution in [0.1, 0.15) is 35.9 Å². The Hall–Kier alpha value is -2.30. The standard InChI is InChI=1S/C16H20FN3O/c1-11(2)20-10-14(18)9-15(20)16(21)19-7-6-12-4-3-5-13(17)8-12/h3-5,8-11H,6-7,18H2,1-2H3,(H,19,21). The predicted molar refractivity (Wildman–Crippen MR) is 81.7 cm³/mol. The maximum Gasteiger partial charge on any atom is 0.268 e. The zero-order valence-corrected chi connectivity index (χ0v) is 12.3. The molecule has 1 amide bonds. The molecule has 21 heavy (non-hydrogen) atoms. The van der Waals surface area contributed by atoms with Gasteiger partial charge in [-0.25, -0.2) is 4.39 Å². The highest BCUT2D eigenvalue weighted by Gasteiger charge is 2.14. The second kappa shape index (κ2) is 6.43. The summed E-state index contributed by atoms with van der Waals surface area (Å²) in [4.78, 5) is 12.2. The molecule has 0 spiro atoms. The third-order valence-corrected chi connectivity index (χ3v) is 3.25. The van der Waals surface area contributed by atoms with Crippen LogP contribution >= 0.6 is 0 Å². The van der Waals surface area contributed by atoms with E-state index in [9.17, 15) is 9.18 Å². The molecule has 3 N–H and O–H groups in total. The van der Waals surface area contributed by atoms with E-state index in [0.717, 1.165) is 5.56 Å². The molecule has 0 bridgehead atoms. The summed E-state index contributed by atoms with van der Waals surface area (Å²) in [5, 5.41) is 2.84. The van der Waals surface area contributed by atoms with E-state index in [-0.39, 0.29) is 17.8 Å². The number of anilines is 1. The quantitative estimate of drug-likeness (QED) is 0.889. The molecule has 0 saturated carbocycles. The fourth-order valence-electron chi connectivity index (χ4n) is 2.21. The van der Waals surface area contributed by atoms with Gasteiger partial charge in [0.2, 0.25) is 0 Å². The first kappa shape index (κ1) is 15.1. The molecule has 0 unspecified atom stereocenters. The third kappa shape index (κ3) is 3.84. The molecule has 0 fully saturated rings. The molecule has 2 rings (SSSR count). The van der Waals surface area contributed by atoms with Crippen molar-refractivity contribution in [2.75, 3.05) is 12.3 Å². The maximum absolute atomic E-state index is 13.1. The van der Waals surface area contributed by atoms with Crippen molar-refractivity contribution in [3.8, 4) is 0 Å². The summed E-state index contributed by atoms with van der Waals surface area (Å²) in [6.45, 7) is 4.43. The monoisotopic (exact) mass is 289 g/mol. The van der Waals surface area contributed by atoms with Gasteiger partial charge >= 0.3 is 0 Å². The Morgan fingerprint density at radius 3 is 2.81 bits per heavy atom. The number of nitrogens with one attached hydrogen (secondary N) is 1. The van der Waals surface area contributed by atoms with Gasteiger partial charge in [0.25, 0.3) is 5.91 Å². The highest BCUT2D eigenvalue weighted by atomic mass is 19.1. The summed E-state index contributed by atoms with van der Waals surface area (Å²) in [6, 6.07) is 8.20. The highest BCUT2D eigenvalue weighted by molar-refractivity contribution is 5.93. The van der Waals surface area contributed by atoms with Crippen molar-refractivity contribution in [2.45, 2.75) is 26.3 Å². The number of carbonyl (C=O) groups excluding carboxylic acids is 1. The van der Waals surface area contributed by atoms with Gasteiger partial charge in [-0.3, -0.25) is 4.79 Å². The van der Waals surface area contributed by atoms with Gasteiger partial charge in [-0.15, -0.1) is 0 Å². The van der Waals surface area contributed by atoms with E-state index < -0.39 is 0 Å². The lowest BCUT2D eigenvalue weighted by Crippen LogP contribution is -2.28. The molecule has 0 saturated heterocycles. The molecule has 0 aliphatic heterocycles. The van der Waals surface area contributed by atoms with E-state index >= 15 is 0 Å². The highest BCUT2D eigenvalue weighted by Crippen LogP contribution is 2.16. The van der Waals surface area contributed by atoms with Crippen LogP contribution in [-0.4, -0.2) is 17.0 Å². The SMILES string of the molecule is CC(C)n1cc(N)cc1C(=O)NCCc1cccc(F)c1. The van der Waals surface area contributed by atoms with Crippen molar-refractivity contribution in [3.05, 3.63) is 53.6 Å². The molecule has 0 radical (unpaired) electrons. The van der Waals surface area contributed by atoms with Crippen LogP contribution in [0.15, 0.2) is 36.5 Å². The van der Waals surface area contributed by atoms with Crippen molar-refractivity contribution in [2.24, 2.45) is 0 Å². The van der Waals surface area contributed by atoms with Crippen LogP contribution in [0, 0.1) is 5.82 Å². The van der Waals surface area contributed by atoms with Crippen molar-refractivity contribution >= 4 is 11.6 Å². The molecular formula is C16H20FN3O. The molecule has 1 heterocycles. The Morgan fingerprint density at radius 2 is 2.14 bits per heavy atom. The van der Waals surface area contributed by atoms with Crippen LogP contribution in [0.25, 0.3) is 0 Å². The molecule has 1 aromatic heterocycles. The van der Waals surface area contributed by atoms with Crippen LogP contribution in [0.3, 0.4) is 0 Å². The zero-order chi connectivity index (χ0) is 15.4. The average molecular weight is 289 g/mol. The number of rotatable bonds is 5. The number of carbonyl (C=O) groups is 1. The van der Waals surface area contributed by atoms with Gasteiger partial charge in [0.05, 0.1) is 5.69 Å². The minimum Gasteiger partial charge on any atom is -0.397 e. The van der Waals surface area contributed by atoms with Crippen molar-refractivity contribution < 1.29 is 9.18 Å². The number of nitrogens with zero attached hydrogens (tertiary/aromatic N) is 1. The average Bonchev–Trinajstić information content (AvgIpc) is 2.81. The number of nitrogens with two attached hydrogens (primary N) is 1. The fourth-order valence-corrected chi connectivity index (χ4v) is 2.21. The number of benzene rings is 1. The van der Waals surface area contributed by atoms with Crippen LogP contribution in [0.2, 0.25) is 0 Å². The Bertz CT molecular complexity index is 634. The first-order valence-corrected chi connectivity index (χ1v) is 6.97. The minimum atomic E-state index is -0.264. The molecule has 0 atom stereocenters. The van der Waals surface area contributed by atoms with Crippen LogP contribution in [-0.2, 0) is 6.42 Å². The van der Waals surface area contributed by atoms with Gasteiger partial charge in [0.15, 0.2) is 0 Å². The van der Waals surface area contributed by atoms with Crippen molar-refractivity contribution in [3.63, 3.8) is 0 Å². The normalized spacial score (nSPS) is 10.9. The Balaban J connectivity index is 1.96. The molecule has 5 heteroatoms. The number of aromatic nitrogens is 1. The number of hydrogen-bond donors (Lipinski definition) is 2. The van der Waals surface area contributed by atoms with E-state index in [4.69, 9.17) is 5.73 Å². The Morgan fingerprint density at radius 1 is 1.38 bits per heavy atom. The summed E-state index contributed by atoms with van der Waals surface area (Å²) in [7, 11) is 0. The summed E-state index contributed by atoms with van der Waals surface area (Å²) < 4.78 is 14.9. The number of nitrogen functional groups attached to an aromatic ring is 1. The first-order chi connectivity index (χ1) is 9.97. The molecule has 112 valence electrons. The summed E-state index contributed by atoms with van der Waals surface area (Å²) in [6.07, 6.45) is 2.34. The van der Waals surface area contributed by atoms with Gasteiger partial charge in [-0.05, 0) is 44.0 Å². The van der Waals surface area contributed by atoms with Gasteiger partial charge in [0.1, 0.15) is 11.5 Å². The minimum absolute atomic E-state index is 0.159. The third-order valence-electron chi connectivity index (χ3n) is 3.25. The number of halogens is 1. The topological polar surface area (TPSA) is 60.0 Å². The van der Waals surface area contributed by atoms with Crippen molar-refractivity contribution in [1.29, 1.82) is 0 Å². The second-order valence-electron chi connectivity index (χ2n) is 5.30. The largest absolute Gasteiger partial charge is 0.397 e. The molecule has 1 aromatic carbocycles. The first-order valence-electron chi connectivity index (χ1n) is 6.97. The predicted octanol–water partition coefficient (Wildman–Crippen LogP) is 2.76. The lowest BCUT2D eigenvalue weighted by molar-refractivity contribution is 0.0943. The molecule has 0 aliphatic carbocycles. The lowest BCUT2D eigenvalue weighted by Gasteiger charge is -2.12. The molecular weight excluding hydrogens is 269 g/mol. The van der Waals surface area contributed by atoms with E-state index in [1.54, 1.807) is 18.3 Å². The Kier molecular flexibility index (Phi) is 4.62. The lowest BCUT2D eigenvalue weighted by atomic mass is 10.1. The smallest absolute Gasteiger partial charge is 0.268 e. The molecule has 2 aromatic rings. The second-order valence-corrected chi connectivity index (χ2v) is 5.30. The molecule has 0 aliphatic rings. The summed E-state index contributed by atoms with van der Waals surface area (Å²) >= 11 is 0. The summed E-state index contributed by atoms with van der Waals surface area (Å²) in [5.74, 6) is -0.433. The van der Waals surface area contributed by atoms with Gasteiger partial charge in [-0.2, -0.15) is 0 Å². The zero-order valence-electron chi connectivity index (χ0n) is 12.3. The van der Waals surface area contributed by atoms with E-state index in [0.29, 0.717) is 24.3 Å². The van der Waals surface area contributed by atoms with Crippen LogP contribution in [0.5, 0.6) is 0 Å². The Labute approximate surface area is 123 Å². The van der Waals surface area contributed by atoms with E-state index in [2.05, 4.69) is 5.32 Å². The maximum atomic E-state index is 13.1. The van der Waals surface area contributed by atoms with E-state index in [1.807, 2.05) is 24.5 Å². The van der Waals surface area contributed by atoms with Crippen LogP contribution < -0.4 is 11.1 Å². The molecule has 4 nitrogen and oxygen atoms in total. The van der Waals surface area contributed by atoms with Gasteiger partial charge < -0.3 is 15.6 Å². The number of amides is 1. The number of hydrogen-bond acceptors (Lipinski definition) is 2. The summed E-state index contributed by atoms with van der Waals surface area (Å²) in [5.41, 5.74) is 7.72.